The number of hydrogen-bond donors (Lipinski definition) is 1. The van der Waals surface area contributed by atoms with Gasteiger partial charge in [-0.3, -0.25) is 9.69 Å². The predicted octanol–water partition coefficient (Wildman–Crippen LogP) is 3.51. The fraction of sp³-hybridized carbons (Fsp3) is 0.435. The second kappa shape index (κ2) is 10.3. The van der Waals surface area contributed by atoms with Crippen LogP contribution in [0.15, 0.2) is 30.3 Å². The highest BCUT2D eigenvalue weighted by Crippen LogP contribution is 2.41. The minimum absolute atomic E-state index is 0.103. The van der Waals surface area contributed by atoms with E-state index in [9.17, 15) is 4.79 Å². The van der Waals surface area contributed by atoms with E-state index in [2.05, 4.69) is 10.2 Å². The molecule has 2 aromatic carbocycles. The molecular formula is C23H30N2O6. The van der Waals surface area contributed by atoms with Crippen molar-refractivity contribution in [2.75, 3.05) is 54.0 Å². The van der Waals surface area contributed by atoms with Crippen LogP contribution in [0.5, 0.6) is 28.7 Å². The van der Waals surface area contributed by atoms with Crippen LogP contribution in [0.1, 0.15) is 24.4 Å². The molecule has 0 radical (unpaired) electrons. The Morgan fingerprint density at radius 3 is 2.19 bits per heavy atom. The van der Waals surface area contributed by atoms with Gasteiger partial charge in [0.2, 0.25) is 11.7 Å². The summed E-state index contributed by atoms with van der Waals surface area (Å²) in [5.74, 6) is 2.84. The first-order valence-corrected chi connectivity index (χ1v) is 10.1. The SMILES string of the molecule is COc1ccc(C2CCCN2CC(=O)Nc2cc(OC)c(OC)c(OC)c2)c(OC)c1. The van der Waals surface area contributed by atoms with E-state index in [0.29, 0.717) is 22.9 Å². The average molecular weight is 431 g/mol. The van der Waals surface area contributed by atoms with Crippen LogP contribution in [0.3, 0.4) is 0 Å². The Morgan fingerprint density at radius 2 is 1.61 bits per heavy atom. The lowest BCUT2D eigenvalue weighted by atomic mass is 10.0. The molecule has 1 aliphatic heterocycles. The zero-order valence-electron chi connectivity index (χ0n) is 18.7. The molecule has 1 fully saturated rings. The quantitative estimate of drug-likeness (QED) is 0.652. The van der Waals surface area contributed by atoms with Crippen molar-refractivity contribution in [1.29, 1.82) is 0 Å². The number of likely N-dealkylation sites (tertiary alicyclic amines) is 1. The van der Waals surface area contributed by atoms with Crippen molar-refractivity contribution in [3.05, 3.63) is 35.9 Å². The minimum atomic E-state index is -0.117. The van der Waals surface area contributed by atoms with Crippen LogP contribution in [0.2, 0.25) is 0 Å². The van der Waals surface area contributed by atoms with Crippen LogP contribution in [-0.4, -0.2) is 59.4 Å². The molecular weight excluding hydrogens is 400 g/mol. The Labute approximate surface area is 183 Å². The maximum Gasteiger partial charge on any atom is 0.238 e. The minimum Gasteiger partial charge on any atom is -0.497 e. The molecule has 2 aromatic rings. The van der Waals surface area contributed by atoms with Gasteiger partial charge in [-0.1, -0.05) is 6.07 Å². The molecule has 1 atom stereocenters. The van der Waals surface area contributed by atoms with Crippen LogP contribution in [0, 0.1) is 0 Å². The predicted molar refractivity (Wildman–Crippen MR) is 118 cm³/mol. The number of rotatable bonds is 9. The van der Waals surface area contributed by atoms with Crippen LogP contribution < -0.4 is 29.0 Å². The van der Waals surface area contributed by atoms with E-state index >= 15 is 0 Å². The van der Waals surface area contributed by atoms with Crippen molar-refractivity contribution >= 4 is 11.6 Å². The van der Waals surface area contributed by atoms with Gasteiger partial charge in [-0.25, -0.2) is 0 Å². The monoisotopic (exact) mass is 430 g/mol. The highest BCUT2D eigenvalue weighted by atomic mass is 16.5. The fourth-order valence-electron chi connectivity index (χ4n) is 4.00. The van der Waals surface area contributed by atoms with E-state index in [1.807, 2.05) is 18.2 Å². The lowest BCUT2D eigenvalue weighted by Gasteiger charge is -2.26. The number of nitrogens with one attached hydrogen (secondary N) is 1. The maximum atomic E-state index is 12.8. The van der Waals surface area contributed by atoms with E-state index in [1.54, 1.807) is 47.7 Å². The highest BCUT2D eigenvalue weighted by molar-refractivity contribution is 5.93. The van der Waals surface area contributed by atoms with E-state index in [4.69, 9.17) is 23.7 Å². The summed E-state index contributed by atoms with van der Waals surface area (Å²) in [4.78, 5) is 15.0. The number of hydrogen-bond acceptors (Lipinski definition) is 7. The van der Waals surface area contributed by atoms with Gasteiger partial charge in [0.15, 0.2) is 11.5 Å². The van der Waals surface area contributed by atoms with Gasteiger partial charge in [-0.2, -0.15) is 0 Å². The van der Waals surface area contributed by atoms with Crippen LogP contribution in [0.25, 0.3) is 0 Å². The summed E-state index contributed by atoms with van der Waals surface area (Å²) < 4.78 is 26.9. The van der Waals surface area contributed by atoms with Gasteiger partial charge in [-0.05, 0) is 25.5 Å². The van der Waals surface area contributed by atoms with Gasteiger partial charge < -0.3 is 29.0 Å². The van der Waals surface area contributed by atoms with Crippen molar-refractivity contribution in [3.8, 4) is 28.7 Å². The molecule has 31 heavy (non-hydrogen) atoms. The van der Waals surface area contributed by atoms with Crippen LogP contribution >= 0.6 is 0 Å². The summed E-state index contributed by atoms with van der Waals surface area (Å²) in [6.45, 7) is 1.10. The molecule has 0 spiro atoms. The van der Waals surface area contributed by atoms with Crippen molar-refractivity contribution in [2.24, 2.45) is 0 Å². The molecule has 1 aliphatic rings. The lowest BCUT2D eigenvalue weighted by Crippen LogP contribution is -2.33. The molecule has 0 saturated carbocycles. The van der Waals surface area contributed by atoms with Gasteiger partial charge in [0, 0.05) is 35.5 Å². The van der Waals surface area contributed by atoms with Crippen molar-refractivity contribution < 1.29 is 28.5 Å². The third-order valence-electron chi connectivity index (χ3n) is 5.46. The summed E-state index contributed by atoms with van der Waals surface area (Å²) in [7, 11) is 7.90. The first-order valence-electron chi connectivity index (χ1n) is 10.1. The largest absolute Gasteiger partial charge is 0.497 e. The number of amides is 1. The number of nitrogens with zero attached hydrogens (tertiary/aromatic N) is 1. The number of carbonyl (C=O) groups excluding carboxylic acids is 1. The molecule has 1 N–H and O–H groups in total. The molecule has 8 nitrogen and oxygen atoms in total. The van der Waals surface area contributed by atoms with E-state index in [0.717, 1.165) is 36.4 Å². The van der Waals surface area contributed by atoms with Gasteiger partial charge in [0.05, 0.1) is 42.1 Å². The van der Waals surface area contributed by atoms with Gasteiger partial charge in [0.25, 0.3) is 0 Å². The molecule has 1 unspecified atom stereocenters. The first-order chi connectivity index (χ1) is 15.0. The van der Waals surface area contributed by atoms with Gasteiger partial charge in [0.1, 0.15) is 11.5 Å². The summed E-state index contributed by atoms with van der Waals surface area (Å²) >= 11 is 0. The Kier molecular flexibility index (Phi) is 7.46. The second-order valence-corrected chi connectivity index (χ2v) is 7.20. The lowest BCUT2D eigenvalue weighted by molar-refractivity contribution is -0.117. The van der Waals surface area contributed by atoms with E-state index < -0.39 is 0 Å². The molecule has 1 saturated heterocycles. The molecule has 168 valence electrons. The Balaban J connectivity index is 1.75. The number of carbonyl (C=O) groups is 1. The number of methoxy groups -OCH3 is 5. The summed E-state index contributed by atoms with van der Waals surface area (Å²) in [6.07, 6.45) is 1.97. The van der Waals surface area contributed by atoms with E-state index in [-0.39, 0.29) is 18.5 Å². The fourth-order valence-corrected chi connectivity index (χ4v) is 4.00. The van der Waals surface area contributed by atoms with Crippen LogP contribution in [-0.2, 0) is 4.79 Å². The number of ether oxygens (including phenoxy) is 5. The second-order valence-electron chi connectivity index (χ2n) is 7.20. The molecule has 1 heterocycles. The molecule has 8 heteroatoms. The maximum absolute atomic E-state index is 12.8. The number of benzene rings is 2. The van der Waals surface area contributed by atoms with Gasteiger partial charge in [-0.15, -0.1) is 0 Å². The Hall–Kier alpha value is -3.13. The standard InChI is InChI=1S/C23H30N2O6/c1-27-16-8-9-17(19(13-16)28-2)18-7-6-10-25(18)14-22(26)24-15-11-20(29-3)23(31-5)21(12-15)30-4/h8-9,11-13,18H,6-7,10,14H2,1-5H3,(H,24,26). The summed E-state index contributed by atoms with van der Waals surface area (Å²) in [6, 6.07) is 9.34. The molecule has 0 aromatic heterocycles. The average Bonchev–Trinajstić information content (AvgIpc) is 3.25. The molecule has 0 bridgehead atoms. The highest BCUT2D eigenvalue weighted by Gasteiger charge is 2.30. The number of anilines is 1. The smallest absolute Gasteiger partial charge is 0.238 e. The topological polar surface area (TPSA) is 78.5 Å². The van der Waals surface area contributed by atoms with Gasteiger partial charge >= 0.3 is 0 Å². The third-order valence-corrected chi connectivity index (χ3v) is 5.46. The normalized spacial score (nSPS) is 16.0. The molecule has 1 amide bonds. The zero-order chi connectivity index (χ0) is 22.4. The third kappa shape index (κ3) is 4.96. The molecule has 0 aliphatic carbocycles. The summed E-state index contributed by atoms with van der Waals surface area (Å²) in [5.41, 5.74) is 1.64. The van der Waals surface area contributed by atoms with E-state index in [1.165, 1.54) is 0 Å². The van der Waals surface area contributed by atoms with Crippen molar-refractivity contribution in [2.45, 2.75) is 18.9 Å². The Bertz CT molecular complexity index is 892. The first kappa shape index (κ1) is 22.6. The molecule has 3 rings (SSSR count). The van der Waals surface area contributed by atoms with Crippen molar-refractivity contribution in [3.63, 3.8) is 0 Å². The van der Waals surface area contributed by atoms with Crippen molar-refractivity contribution in [1.82, 2.24) is 4.90 Å². The Morgan fingerprint density at radius 1 is 0.935 bits per heavy atom. The van der Waals surface area contributed by atoms with Crippen LogP contribution in [0.4, 0.5) is 5.69 Å². The zero-order valence-corrected chi connectivity index (χ0v) is 18.7. The summed E-state index contributed by atoms with van der Waals surface area (Å²) in [5, 5.41) is 2.94.